The van der Waals surface area contributed by atoms with Crippen LogP contribution in [0.25, 0.3) is 21.2 Å². The van der Waals surface area contributed by atoms with Crippen LogP contribution in [0.15, 0.2) is 50.2 Å². The number of aromatic nitrogens is 2. The van der Waals surface area contributed by atoms with Crippen LogP contribution < -0.4 is 15.8 Å². The highest BCUT2D eigenvalue weighted by Crippen LogP contribution is 2.29. The highest BCUT2D eigenvalue weighted by atomic mass is 32.1. The lowest BCUT2D eigenvalue weighted by molar-refractivity contribution is 0.122. The van der Waals surface area contributed by atoms with E-state index in [2.05, 4.69) is 25.4 Å². The lowest BCUT2D eigenvalue weighted by atomic mass is 10.2. The van der Waals surface area contributed by atoms with Crippen molar-refractivity contribution in [1.29, 1.82) is 0 Å². The van der Waals surface area contributed by atoms with Gasteiger partial charge in [0.05, 0.1) is 35.8 Å². The number of hydrogen-bond donors (Lipinski definition) is 1. The normalized spacial score (nSPS) is 14.8. The number of thiophene rings is 1. The molecule has 10 heteroatoms. The summed E-state index contributed by atoms with van der Waals surface area (Å²) in [6.07, 6.45) is 2.60. The van der Waals surface area contributed by atoms with Crippen LogP contribution in [0.5, 0.6) is 0 Å². The van der Waals surface area contributed by atoms with Crippen molar-refractivity contribution in [3.05, 3.63) is 57.5 Å². The molecule has 0 atom stereocenters. The second-order valence-electron chi connectivity index (χ2n) is 6.64. The van der Waals surface area contributed by atoms with Gasteiger partial charge >= 0.3 is 0 Å². The van der Waals surface area contributed by atoms with Crippen molar-refractivity contribution in [2.24, 2.45) is 5.10 Å². The fourth-order valence-electron chi connectivity index (χ4n) is 3.27. The third-order valence-corrected chi connectivity index (χ3v) is 5.55. The Bertz CT molecular complexity index is 1310. The van der Waals surface area contributed by atoms with Crippen LogP contribution in [0.3, 0.4) is 0 Å². The van der Waals surface area contributed by atoms with Crippen molar-refractivity contribution in [1.82, 2.24) is 9.97 Å². The first kappa shape index (κ1) is 18.6. The van der Waals surface area contributed by atoms with Crippen molar-refractivity contribution >= 4 is 50.5 Å². The Hall–Kier alpha value is -3.37. The molecule has 4 heterocycles. The summed E-state index contributed by atoms with van der Waals surface area (Å²) in [5, 5.41) is 7.19. The number of hydrazone groups is 1. The van der Waals surface area contributed by atoms with Gasteiger partial charge in [0, 0.05) is 13.1 Å². The largest absolute Gasteiger partial charge is 0.463 e. The highest BCUT2D eigenvalue weighted by molar-refractivity contribution is 7.16. The van der Waals surface area contributed by atoms with Crippen molar-refractivity contribution in [3.8, 4) is 0 Å². The Morgan fingerprint density at radius 1 is 1.20 bits per heavy atom. The van der Waals surface area contributed by atoms with Gasteiger partial charge in [-0.1, -0.05) is 0 Å². The predicted octanol–water partition coefficient (Wildman–Crippen LogP) is 3.22. The van der Waals surface area contributed by atoms with Crippen molar-refractivity contribution in [2.45, 2.75) is 0 Å². The van der Waals surface area contributed by atoms with Gasteiger partial charge in [-0.3, -0.25) is 4.79 Å². The molecule has 4 aromatic rings. The standard InChI is InChI=1S/C20H16FN5O3S/c21-13-1-2-16-15(9-13)17(27)12(11-29-16)10-22-25-20-23-18(26-4-6-28-7-5-26)14-3-8-30-19(14)24-20/h1-3,8-11H,4-7H2,(H,23,24,25)/b22-10+. The van der Waals surface area contributed by atoms with Crippen molar-refractivity contribution in [2.75, 3.05) is 36.6 Å². The van der Waals surface area contributed by atoms with Crippen LogP contribution in [0.1, 0.15) is 5.56 Å². The number of halogens is 1. The summed E-state index contributed by atoms with van der Waals surface area (Å²) in [6.45, 7) is 2.79. The quantitative estimate of drug-likeness (QED) is 0.396. The number of benzene rings is 1. The molecule has 30 heavy (non-hydrogen) atoms. The average Bonchev–Trinajstić information content (AvgIpc) is 3.24. The summed E-state index contributed by atoms with van der Waals surface area (Å²) >= 11 is 1.51. The lowest BCUT2D eigenvalue weighted by Crippen LogP contribution is -2.37. The maximum atomic E-state index is 13.5. The third kappa shape index (κ3) is 3.51. The summed E-state index contributed by atoms with van der Waals surface area (Å²) in [6, 6.07) is 5.80. The van der Waals surface area contributed by atoms with Gasteiger partial charge in [0.2, 0.25) is 11.4 Å². The molecule has 1 aromatic carbocycles. The van der Waals surface area contributed by atoms with E-state index in [-0.39, 0.29) is 16.4 Å². The topological polar surface area (TPSA) is 92.9 Å². The second kappa shape index (κ2) is 7.81. The fourth-order valence-corrected chi connectivity index (χ4v) is 4.03. The minimum absolute atomic E-state index is 0.157. The van der Waals surface area contributed by atoms with Gasteiger partial charge in [-0.15, -0.1) is 11.3 Å². The van der Waals surface area contributed by atoms with E-state index < -0.39 is 5.82 Å². The van der Waals surface area contributed by atoms with Crippen LogP contribution in [0, 0.1) is 5.82 Å². The molecule has 0 amide bonds. The summed E-state index contributed by atoms with van der Waals surface area (Å²) < 4.78 is 24.3. The highest BCUT2D eigenvalue weighted by Gasteiger charge is 2.18. The van der Waals surface area contributed by atoms with Crippen LogP contribution in [-0.4, -0.2) is 42.5 Å². The molecule has 0 saturated carbocycles. The zero-order valence-electron chi connectivity index (χ0n) is 15.7. The number of nitrogens with one attached hydrogen (secondary N) is 1. The fraction of sp³-hybridized carbons (Fsp3) is 0.200. The monoisotopic (exact) mass is 425 g/mol. The predicted molar refractivity (Wildman–Crippen MR) is 114 cm³/mol. The number of fused-ring (bicyclic) bond motifs is 2. The first-order valence-electron chi connectivity index (χ1n) is 9.27. The van der Waals surface area contributed by atoms with Crippen LogP contribution >= 0.6 is 11.3 Å². The van der Waals surface area contributed by atoms with Gasteiger partial charge in [-0.05, 0) is 29.6 Å². The van der Waals surface area contributed by atoms with E-state index in [1.165, 1.54) is 35.9 Å². The molecule has 152 valence electrons. The molecule has 1 N–H and O–H groups in total. The van der Waals surface area contributed by atoms with Gasteiger partial charge < -0.3 is 14.1 Å². The van der Waals surface area contributed by atoms with Crippen LogP contribution in [-0.2, 0) is 4.74 Å². The average molecular weight is 425 g/mol. The van der Waals surface area contributed by atoms with E-state index in [0.29, 0.717) is 24.7 Å². The zero-order chi connectivity index (χ0) is 20.5. The van der Waals surface area contributed by atoms with E-state index in [0.717, 1.165) is 35.2 Å². The minimum Gasteiger partial charge on any atom is -0.463 e. The Balaban J connectivity index is 1.44. The molecule has 8 nitrogen and oxygen atoms in total. The molecule has 1 saturated heterocycles. The number of anilines is 2. The molecule has 3 aromatic heterocycles. The number of ether oxygens (including phenoxy) is 1. The van der Waals surface area contributed by atoms with E-state index in [1.807, 2.05) is 11.4 Å². The number of hydrogen-bond acceptors (Lipinski definition) is 9. The molecule has 1 fully saturated rings. The molecule has 0 spiro atoms. The van der Waals surface area contributed by atoms with Gasteiger partial charge in [0.15, 0.2) is 0 Å². The Morgan fingerprint density at radius 2 is 2.07 bits per heavy atom. The molecule has 1 aliphatic heterocycles. The molecule has 0 radical (unpaired) electrons. The zero-order valence-corrected chi connectivity index (χ0v) is 16.5. The lowest BCUT2D eigenvalue weighted by Gasteiger charge is -2.28. The molecular formula is C20H16FN5O3S. The Kier molecular flexibility index (Phi) is 4.85. The Morgan fingerprint density at radius 3 is 2.93 bits per heavy atom. The molecule has 5 rings (SSSR count). The molecular weight excluding hydrogens is 409 g/mol. The number of morpholine rings is 1. The molecule has 0 unspecified atom stereocenters. The van der Waals surface area contributed by atoms with Gasteiger partial charge in [-0.25, -0.2) is 14.8 Å². The van der Waals surface area contributed by atoms with E-state index >= 15 is 0 Å². The maximum Gasteiger partial charge on any atom is 0.246 e. The number of nitrogens with zero attached hydrogens (tertiary/aromatic N) is 4. The molecule has 1 aliphatic rings. The third-order valence-electron chi connectivity index (χ3n) is 4.75. The minimum atomic E-state index is -0.504. The second-order valence-corrected chi connectivity index (χ2v) is 7.53. The summed E-state index contributed by atoms with van der Waals surface area (Å²) in [7, 11) is 0. The SMILES string of the molecule is O=c1c(/C=N/Nc2nc(N3CCOCC3)c3ccsc3n2)coc2ccc(F)cc12. The molecule has 0 bridgehead atoms. The van der Waals surface area contributed by atoms with E-state index in [4.69, 9.17) is 9.15 Å². The van der Waals surface area contributed by atoms with Crippen molar-refractivity contribution in [3.63, 3.8) is 0 Å². The first-order valence-corrected chi connectivity index (χ1v) is 10.1. The summed E-state index contributed by atoms with van der Waals surface area (Å²) in [5.41, 5.74) is 2.91. The van der Waals surface area contributed by atoms with Crippen LogP contribution in [0.4, 0.5) is 16.2 Å². The smallest absolute Gasteiger partial charge is 0.246 e. The van der Waals surface area contributed by atoms with Gasteiger partial charge in [0.1, 0.15) is 28.3 Å². The summed E-state index contributed by atoms with van der Waals surface area (Å²) in [4.78, 5) is 24.6. The number of rotatable bonds is 4. The van der Waals surface area contributed by atoms with Crippen molar-refractivity contribution < 1.29 is 13.5 Å². The first-order chi connectivity index (χ1) is 14.7. The van der Waals surface area contributed by atoms with Crippen LogP contribution in [0.2, 0.25) is 0 Å². The van der Waals surface area contributed by atoms with E-state index in [9.17, 15) is 9.18 Å². The summed E-state index contributed by atoms with van der Waals surface area (Å²) in [5.74, 6) is 0.636. The maximum absolute atomic E-state index is 13.5. The molecule has 0 aliphatic carbocycles. The van der Waals surface area contributed by atoms with Gasteiger partial charge in [-0.2, -0.15) is 10.1 Å². The van der Waals surface area contributed by atoms with Gasteiger partial charge in [0.25, 0.3) is 0 Å². The Labute approximate surface area is 173 Å². The van der Waals surface area contributed by atoms with E-state index in [1.54, 1.807) is 0 Å².